The van der Waals surface area contributed by atoms with Gasteiger partial charge in [0.25, 0.3) is 0 Å². The molecule has 1 N–H and O–H groups in total. The highest BCUT2D eigenvalue weighted by molar-refractivity contribution is 5.83. The predicted octanol–water partition coefficient (Wildman–Crippen LogP) is 2.19. The quantitative estimate of drug-likeness (QED) is 0.875. The Morgan fingerprint density at radius 3 is 2.50 bits per heavy atom. The molecular weight excluding hydrogens is 260 g/mol. The second-order valence-corrected chi connectivity index (χ2v) is 4.09. The third-order valence-corrected chi connectivity index (χ3v) is 2.89. The number of ether oxygens (including phenoxy) is 2. The van der Waals surface area contributed by atoms with Gasteiger partial charge in [0.2, 0.25) is 5.82 Å². The van der Waals surface area contributed by atoms with E-state index in [0.29, 0.717) is 12.3 Å². The molecule has 20 heavy (non-hydrogen) atoms. The van der Waals surface area contributed by atoms with Crippen LogP contribution in [-0.4, -0.2) is 27.7 Å². The maximum atomic E-state index is 11.0. The summed E-state index contributed by atoms with van der Waals surface area (Å²) in [5, 5.41) is 9.01. The number of carbonyl (C=O) groups is 1. The van der Waals surface area contributed by atoms with E-state index in [2.05, 4.69) is 4.98 Å². The van der Waals surface area contributed by atoms with Gasteiger partial charge >= 0.3 is 5.97 Å². The number of imidazole rings is 1. The Labute approximate surface area is 116 Å². The normalized spacial score (nSPS) is 10.3. The molecule has 0 amide bonds. The smallest absolute Gasteiger partial charge is 0.372 e. The number of aromatic nitrogens is 2. The van der Waals surface area contributed by atoms with Gasteiger partial charge in [0.15, 0.2) is 0 Å². The van der Waals surface area contributed by atoms with E-state index in [0.717, 1.165) is 11.4 Å². The number of methoxy groups -OCH3 is 1. The van der Waals surface area contributed by atoms with Crippen LogP contribution in [0.4, 0.5) is 0 Å². The van der Waals surface area contributed by atoms with E-state index in [4.69, 9.17) is 14.6 Å². The molecule has 6 nitrogen and oxygen atoms in total. The number of nitrogens with zero attached hydrogens (tertiary/aromatic N) is 2. The third-order valence-electron chi connectivity index (χ3n) is 2.89. The topological polar surface area (TPSA) is 73.6 Å². The van der Waals surface area contributed by atoms with Crippen molar-refractivity contribution in [2.24, 2.45) is 0 Å². The van der Waals surface area contributed by atoms with Crippen LogP contribution in [0.3, 0.4) is 0 Å². The first-order valence-corrected chi connectivity index (χ1v) is 6.20. The van der Waals surface area contributed by atoms with Crippen molar-refractivity contribution in [2.75, 3.05) is 7.11 Å². The lowest BCUT2D eigenvalue weighted by atomic mass is 10.3. The first-order valence-electron chi connectivity index (χ1n) is 6.20. The van der Waals surface area contributed by atoms with Crippen LogP contribution in [0.5, 0.6) is 11.5 Å². The highest BCUT2D eigenvalue weighted by atomic mass is 16.5. The molecule has 0 spiro atoms. The van der Waals surface area contributed by atoms with Gasteiger partial charge in [0, 0.05) is 6.54 Å². The number of carboxylic acid groups (broad SMARTS) is 1. The fraction of sp³-hybridized carbons (Fsp3) is 0.286. The van der Waals surface area contributed by atoms with Crippen molar-refractivity contribution < 1.29 is 19.4 Å². The second kappa shape index (κ2) is 6.10. The summed E-state index contributed by atoms with van der Waals surface area (Å²) in [4.78, 5) is 14.9. The maximum Gasteiger partial charge on any atom is 0.372 e. The number of benzene rings is 1. The molecule has 0 saturated carbocycles. The van der Waals surface area contributed by atoms with E-state index >= 15 is 0 Å². The zero-order valence-corrected chi connectivity index (χ0v) is 11.4. The van der Waals surface area contributed by atoms with Crippen molar-refractivity contribution in [1.29, 1.82) is 0 Å². The number of aromatic carboxylic acids is 1. The first-order chi connectivity index (χ1) is 9.65. The summed E-state index contributed by atoms with van der Waals surface area (Å²) >= 11 is 0. The summed E-state index contributed by atoms with van der Waals surface area (Å²) in [7, 11) is 1.60. The van der Waals surface area contributed by atoms with Gasteiger partial charge in [-0.15, -0.1) is 0 Å². The summed E-state index contributed by atoms with van der Waals surface area (Å²) in [5.41, 5.74) is 0.723. The lowest BCUT2D eigenvalue weighted by Gasteiger charge is -2.09. The summed E-state index contributed by atoms with van der Waals surface area (Å²) in [6.45, 7) is 2.66. The Kier molecular flexibility index (Phi) is 4.24. The van der Waals surface area contributed by atoms with Crippen molar-refractivity contribution >= 4 is 5.97 Å². The highest BCUT2D eigenvalue weighted by Gasteiger charge is 2.14. The molecule has 1 aromatic heterocycles. The average Bonchev–Trinajstić information content (AvgIpc) is 2.88. The van der Waals surface area contributed by atoms with Crippen LogP contribution < -0.4 is 9.47 Å². The lowest BCUT2D eigenvalue weighted by molar-refractivity contribution is 0.0677. The molecule has 1 aromatic carbocycles. The zero-order chi connectivity index (χ0) is 14.5. The van der Waals surface area contributed by atoms with Gasteiger partial charge in [-0.2, -0.15) is 0 Å². The second-order valence-electron chi connectivity index (χ2n) is 4.09. The van der Waals surface area contributed by atoms with E-state index in [1.165, 1.54) is 6.20 Å². The van der Waals surface area contributed by atoms with Crippen molar-refractivity contribution in [3.05, 3.63) is 42.0 Å². The Balaban J connectivity index is 2.08. The average molecular weight is 276 g/mol. The molecule has 0 atom stereocenters. The Morgan fingerprint density at radius 1 is 1.30 bits per heavy atom. The fourth-order valence-electron chi connectivity index (χ4n) is 1.88. The lowest BCUT2D eigenvalue weighted by Crippen LogP contribution is -2.12. The van der Waals surface area contributed by atoms with Crippen LogP contribution >= 0.6 is 0 Å². The summed E-state index contributed by atoms with van der Waals surface area (Å²) < 4.78 is 12.3. The first kappa shape index (κ1) is 13.9. The van der Waals surface area contributed by atoms with Crippen LogP contribution in [0.15, 0.2) is 30.5 Å². The maximum absolute atomic E-state index is 11.0. The largest absolute Gasteiger partial charge is 0.497 e. The van der Waals surface area contributed by atoms with E-state index in [1.54, 1.807) is 35.9 Å². The Morgan fingerprint density at radius 2 is 1.95 bits per heavy atom. The minimum absolute atomic E-state index is 0.0285. The summed E-state index contributed by atoms with van der Waals surface area (Å²) in [5.74, 6) is 0.430. The van der Waals surface area contributed by atoms with Gasteiger partial charge in [0.1, 0.15) is 18.1 Å². The van der Waals surface area contributed by atoms with Crippen molar-refractivity contribution in [2.45, 2.75) is 20.1 Å². The molecule has 1 heterocycles. The predicted molar refractivity (Wildman–Crippen MR) is 72.2 cm³/mol. The summed E-state index contributed by atoms with van der Waals surface area (Å²) in [6.07, 6.45) is 1.52. The molecule has 0 bridgehead atoms. The highest BCUT2D eigenvalue weighted by Crippen LogP contribution is 2.18. The Bertz CT molecular complexity index is 590. The van der Waals surface area contributed by atoms with Gasteiger partial charge in [-0.05, 0) is 31.2 Å². The Hall–Kier alpha value is -2.50. The van der Waals surface area contributed by atoms with E-state index < -0.39 is 5.97 Å². The van der Waals surface area contributed by atoms with Crippen LogP contribution in [0.2, 0.25) is 0 Å². The zero-order valence-electron chi connectivity index (χ0n) is 11.4. The van der Waals surface area contributed by atoms with Crippen LogP contribution in [0.1, 0.15) is 23.2 Å². The number of hydrogen-bond donors (Lipinski definition) is 1. The van der Waals surface area contributed by atoms with Gasteiger partial charge < -0.3 is 19.1 Å². The van der Waals surface area contributed by atoms with Crippen LogP contribution in [0.25, 0.3) is 0 Å². The van der Waals surface area contributed by atoms with Crippen molar-refractivity contribution in [3.8, 4) is 11.5 Å². The molecule has 0 aliphatic rings. The monoisotopic (exact) mass is 276 g/mol. The van der Waals surface area contributed by atoms with Crippen LogP contribution in [0, 0.1) is 0 Å². The van der Waals surface area contributed by atoms with E-state index in [1.807, 2.05) is 6.92 Å². The standard InChI is InChI=1S/C14H16N2O4/c1-3-16-10(8-15-13(16)14(17)18)9-20-12-6-4-11(19-2)5-7-12/h4-8H,3,9H2,1-2H3,(H,17,18). The van der Waals surface area contributed by atoms with Crippen molar-refractivity contribution in [1.82, 2.24) is 9.55 Å². The van der Waals surface area contributed by atoms with Gasteiger partial charge in [-0.1, -0.05) is 0 Å². The molecular formula is C14H16N2O4. The molecule has 106 valence electrons. The van der Waals surface area contributed by atoms with Gasteiger partial charge in [0.05, 0.1) is 19.0 Å². The number of rotatable bonds is 6. The van der Waals surface area contributed by atoms with Gasteiger partial charge in [-0.25, -0.2) is 9.78 Å². The molecule has 0 radical (unpaired) electrons. The van der Waals surface area contributed by atoms with Crippen molar-refractivity contribution in [3.63, 3.8) is 0 Å². The molecule has 0 aliphatic heterocycles. The van der Waals surface area contributed by atoms with E-state index in [9.17, 15) is 4.79 Å². The number of carboxylic acids is 1. The SMILES string of the molecule is CCn1c(COc2ccc(OC)cc2)cnc1C(=O)O. The molecule has 0 aliphatic carbocycles. The number of hydrogen-bond acceptors (Lipinski definition) is 4. The van der Waals surface area contributed by atoms with E-state index in [-0.39, 0.29) is 12.4 Å². The fourth-order valence-corrected chi connectivity index (χ4v) is 1.88. The third kappa shape index (κ3) is 2.90. The molecule has 2 aromatic rings. The molecule has 0 unspecified atom stereocenters. The molecule has 0 saturated heterocycles. The molecule has 6 heteroatoms. The minimum Gasteiger partial charge on any atom is -0.497 e. The molecule has 2 rings (SSSR count). The molecule has 0 fully saturated rings. The van der Waals surface area contributed by atoms with Gasteiger partial charge in [-0.3, -0.25) is 0 Å². The summed E-state index contributed by atoms with van der Waals surface area (Å²) in [6, 6.07) is 7.19. The minimum atomic E-state index is -1.04. The van der Waals surface area contributed by atoms with Crippen LogP contribution in [-0.2, 0) is 13.2 Å².